The highest BCUT2D eigenvalue weighted by atomic mass is 16.5. The molecule has 0 spiro atoms. The number of esters is 1. The van der Waals surface area contributed by atoms with Gasteiger partial charge >= 0.3 is 11.9 Å². The largest absolute Gasteiger partial charge is 0.480 e. The molecule has 0 bridgehead atoms. The third-order valence-electron chi connectivity index (χ3n) is 8.81. The predicted molar refractivity (Wildman–Crippen MR) is 203 cm³/mol. The molecule has 1 atom stereocenters. The Morgan fingerprint density at radius 3 is 1.50 bits per heavy atom. The van der Waals surface area contributed by atoms with E-state index in [0.29, 0.717) is 12.8 Å². The van der Waals surface area contributed by atoms with Crippen molar-refractivity contribution in [3.63, 3.8) is 0 Å². The second-order valence-electron chi connectivity index (χ2n) is 13.5. The number of carbonyl (C=O) groups is 3. The summed E-state index contributed by atoms with van der Waals surface area (Å²) in [5.41, 5.74) is 0. The van der Waals surface area contributed by atoms with E-state index in [9.17, 15) is 14.4 Å². The molecule has 6 heteroatoms. The van der Waals surface area contributed by atoms with Crippen LogP contribution in [-0.4, -0.2) is 35.6 Å². The summed E-state index contributed by atoms with van der Waals surface area (Å²) in [6.07, 6.45) is 45.8. The minimum atomic E-state index is -1.02. The summed E-state index contributed by atoms with van der Waals surface area (Å²) in [4.78, 5) is 34.8. The van der Waals surface area contributed by atoms with E-state index in [1.807, 2.05) is 0 Å². The van der Waals surface area contributed by atoms with Gasteiger partial charge in [-0.2, -0.15) is 0 Å². The van der Waals surface area contributed by atoms with Crippen LogP contribution >= 0.6 is 0 Å². The van der Waals surface area contributed by atoms with Crippen LogP contribution in [0.4, 0.5) is 0 Å². The standard InChI is InChI=1S/C42H75NO5/c1-3-5-7-9-11-13-14-15-16-17-18-19-20-21-23-29-33-37-42(47)48-39(34-30-26-22-12-10-8-6-4-2)35-31-27-24-25-28-32-36-40(44)43-38-41(45)46/h6,8,12,22,30,34,39H,3-5,7,9-11,13-21,23-29,31-33,35-38H2,1-2H3,(H,43,44)(H,45,46)/b8-6-,22-12-,34-30-. The van der Waals surface area contributed by atoms with Gasteiger partial charge in [-0.25, -0.2) is 0 Å². The fourth-order valence-electron chi connectivity index (χ4n) is 5.86. The minimum absolute atomic E-state index is 0.0768. The van der Waals surface area contributed by atoms with E-state index in [1.54, 1.807) is 0 Å². The van der Waals surface area contributed by atoms with Gasteiger partial charge in [-0.3, -0.25) is 14.4 Å². The monoisotopic (exact) mass is 674 g/mol. The summed E-state index contributed by atoms with van der Waals surface area (Å²) >= 11 is 0. The minimum Gasteiger partial charge on any atom is -0.480 e. The van der Waals surface area contributed by atoms with Gasteiger partial charge in [0, 0.05) is 12.8 Å². The zero-order valence-corrected chi connectivity index (χ0v) is 31.3. The second kappa shape index (κ2) is 37.4. The van der Waals surface area contributed by atoms with Crippen molar-refractivity contribution in [2.45, 2.75) is 206 Å². The SMILES string of the molecule is CC/C=C\C/C=C\C/C=C\C(CCCCCCCCC(=O)NCC(=O)O)OC(=O)CCCCCCCCCCCCCCCCCCC. The third kappa shape index (κ3) is 36.5. The first-order chi connectivity index (χ1) is 23.5. The number of aliphatic carboxylic acids is 1. The van der Waals surface area contributed by atoms with E-state index < -0.39 is 5.97 Å². The Morgan fingerprint density at radius 1 is 0.562 bits per heavy atom. The van der Waals surface area contributed by atoms with Crippen LogP contribution < -0.4 is 5.32 Å². The molecule has 0 saturated carbocycles. The zero-order valence-electron chi connectivity index (χ0n) is 31.3. The molecule has 48 heavy (non-hydrogen) atoms. The molecule has 0 rings (SSSR count). The van der Waals surface area contributed by atoms with Crippen molar-refractivity contribution in [3.05, 3.63) is 36.5 Å². The molecular weight excluding hydrogens is 598 g/mol. The maximum Gasteiger partial charge on any atom is 0.322 e. The molecule has 6 nitrogen and oxygen atoms in total. The van der Waals surface area contributed by atoms with Crippen LogP contribution in [0, 0.1) is 0 Å². The average molecular weight is 674 g/mol. The summed E-state index contributed by atoms with van der Waals surface area (Å²) in [6.45, 7) is 4.10. The van der Waals surface area contributed by atoms with E-state index in [2.05, 4.69) is 55.6 Å². The fraction of sp³-hybridized carbons (Fsp3) is 0.786. The number of carbonyl (C=O) groups excluding carboxylic acids is 2. The molecule has 0 aliphatic rings. The Hall–Kier alpha value is -2.37. The van der Waals surface area contributed by atoms with Gasteiger partial charge in [0.05, 0.1) is 0 Å². The van der Waals surface area contributed by atoms with Crippen LogP contribution in [0.2, 0.25) is 0 Å². The zero-order chi connectivity index (χ0) is 35.2. The van der Waals surface area contributed by atoms with Gasteiger partial charge in [-0.1, -0.05) is 173 Å². The van der Waals surface area contributed by atoms with Gasteiger partial charge in [0.25, 0.3) is 0 Å². The summed E-state index contributed by atoms with van der Waals surface area (Å²) in [6, 6.07) is 0. The van der Waals surface area contributed by atoms with Crippen LogP contribution in [-0.2, 0) is 19.1 Å². The lowest BCUT2D eigenvalue weighted by Gasteiger charge is -2.14. The normalized spacial score (nSPS) is 12.4. The lowest BCUT2D eigenvalue weighted by Crippen LogP contribution is -2.28. The summed E-state index contributed by atoms with van der Waals surface area (Å²) in [5, 5.41) is 11.0. The molecule has 1 amide bonds. The number of carboxylic acid groups (broad SMARTS) is 1. The molecule has 0 heterocycles. The Bertz CT molecular complexity index is 834. The highest BCUT2D eigenvalue weighted by molar-refractivity contribution is 5.80. The highest BCUT2D eigenvalue weighted by Gasteiger charge is 2.11. The van der Waals surface area contributed by atoms with Gasteiger partial charge in [0.2, 0.25) is 5.91 Å². The van der Waals surface area contributed by atoms with Crippen molar-refractivity contribution >= 4 is 17.8 Å². The molecule has 2 N–H and O–H groups in total. The number of ether oxygens (including phenoxy) is 1. The maximum atomic E-state index is 12.7. The van der Waals surface area contributed by atoms with Crippen LogP contribution in [0.25, 0.3) is 0 Å². The molecule has 0 aromatic rings. The topological polar surface area (TPSA) is 92.7 Å². The number of nitrogens with one attached hydrogen (secondary N) is 1. The summed E-state index contributed by atoms with van der Waals surface area (Å²) in [5.74, 6) is -1.29. The van der Waals surface area contributed by atoms with Gasteiger partial charge < -0.3 is 15.2 Å². The van der Waals surface area contributed by atoms with Crippen molar-refractivity contribution in [2.75, 3.05) is 6.54 Å². The number of hydrogen-bond donors (Lipinski definition) is 2. The van der Waals surface area contributed by atoms with E-state index >= 15 is 0 Å². The van der Waals surface area contributed by atoms with Crippen molar-refractivity contribution < 1.29 is 24.2 Å². The quantitative estimate of drug-likeness (QED) is 0.0392. The van der Waals surface area contributed by atoms with Gasteiger partial charge in [-0.15, -0.1) is 0 Å². The molecule has 0 radical (unpaired) electrons. The molecule has 0 fully saturated rings. The number of rotatable bonds is 36. The molecule has 278 valence electrons. The maximum absolute atomic E-state index is 12.7. The number of amides is 1. The fourth-order valence-corrected chi connectivity index (χ4v) is 5.86. The first-order valence-corrected chi connectivity index (χ1v) is 20.1. The van der Waals surface area contributed by atoms with Crippen molar-refractivity contribution in [3.8, 4) is 0 Å². The molecule has 0 aromatic heterocycles. The predicted octanol–water partition coefficient (Wildman–Crippen LogP) is 12.1. The van der Waals surface area contributed by atoms with Gasteiger partial charge in [0.1, 0.15) is 12.6 Å². The number of allylic oxidation sites excluding steroid dienone is 5. The number of carboxylic acids is 1. The van der Waals surface area contributed by atoms with Crippen molar-refractivity contribution in [1.29, 1.82) is 0 Å². The third-order valence-corrected chi connectivity index (χ3v) is 8.81. The molecule has 1 unspecified atom stereocenters. The smallest absolute Gasteiger partial charge is 0.322 e. The van der Waals surface area contributed by atoms with E-state index in [-0.39, 0.29) is 24.5 Å². The molecular formula is C42H75NO5. The lowest BCUT2D eigenvalue weighted by atomic mass is 10.0. The van der Waals surface area contributed by atoms with E-state index in [1.165, 1.54) is 96.3 Å². The summed E-state index contributed by atoms with van der Waals surface area (Å²) in [7, 11) is 0. The van der Waals surface area contributed by atoms with Crippen LogP contribution in [0.1, 0.15) is 200 Å². The second-order valence-corrected chi connectivity index (χ2v) is 13.5. The Labute approximate surface area is 296 Å². The van der Waals surface area contributed by atoms with Gasteiger partial charge in [-0.05, 0) is 51.0 Å². The van der Waals surface area contributed by atoms with Crippen LogP contribution in [0.3, 0.4) is 0 Å². The first kappa shape index (κ1) is 45.6. The first-order valence-electron chi connectivity index (χ1n) is 20.1. The molecule has 0 aliphatic carbocycles. The van der Waals surface area contributed by atoms with Crippen LogP contribution in [0.15, 0.2) is 36.5 Å². The Kier molecular flexibility index (Phi) is 35.6. The Morgan fingerprint density at radius 2 is 1.00 bits per heavy atom. The summed E-state index contributed by atoms with van der Waals surface area (Å²) < 4.78 is 5.90. The number of unbranched alkanes of at least 4 members (excludes halogenated alkanes) is 21. The molecule has 0 aromatic carbocycles. The van der Waals surface area contributed by atoms with Crippen molar-refractivity contribution in [1.82, 2.24) is 5.32 Å². The average Bonchev–Trinajstić information content (AvgIpc) is 3.07. The lowest BCUT2D eigenvalue weighted by molar-refractivity contribution is -0.147. The number of hydrogen-bond acceptors (Lipinski definition) is 4. The van der Waals surface area contributed by atoms with E-state index in [0.717, 1.165) is 77.0 Å². The highest BCUT2D eigenvalue weighted by Crippen LogP contribution is 2.16. The van der Waals surface area contributed by atoms with Gasteiger partial charge in [0.15, 0.2) is 0 Å². The molecule has 0 saturated heterocycles. The Balaban J connectivity index is 4.09. The molecule has 0 aliphatic heterocycles. The van der Waals surface area contributed by atoms with Crippen molar-refractivity contribution in [2.24, 2.45) is 0 Å². The van der Waals surface area contributed by atoms with Crippen LogP contribution in [0.5, 0.6) is 0 Å². The van der Waals surface area contributed by atoms with E-state index in [4.69, 9.17) is 9.84 Å².